The quantitative estimate of drug-likeness (QED) is 0.101. The topological polar surface area (TPSA) is 57.2 Å². The number of quaternary nitrogens is 1. The van der Waals surface area contributed by atoms with Crippen LogP contribution in [0, 0.1) is 0 Å². The van der Waals surface area contributed by atoms with Gasteiger partial charge in [-0.2, -0.15) is 48.3 Å². The average molecular weight is 564 g/mol. The molecular weight excluding hydrogens is 531 g/mol. The van der Waals surface area contributed by atoms with Gasteiger partial charge in [-0.25, -0.2) is 8.42 Å². The molecule has 0 spiro atoms. The highest BCUT2D eigenvalue weighted by Gasteiger charge is 2.82. The fourth-order valence-electron chi connectivity index (χ4n) is 3.09. The van der Waals surface area contributed by atoms with Crippen LogP contribution in [0.15, 0.2) is 0 Å². The van der Waals surface area contributed by atoms with E-state index in [4.69, 9.17) is 0 Å². The van der Waals surface area contributed by atoms with E-state index < -0.39 is 71.4 Å². The fraction of sp³-hybridized carbons (Fsp3) is 1.00. The fourth-order valence-corrected chi connectivity index (χ4v) is 3.54. The first-order chi connectivity index (χ1) is 15.4. The molecule has 0 saturated carbocycles. The van der Waals surface area contributed by atoms with Crippen molar-refractivity contribution < 1.29 is 65.7 Å². The van der Waals surface area contributed by atoms with Gasteiger partial charge >= 0.3 is 29.2 Å². The minimum atomic E-state index is -7.40. The Balaban J connectivity index is 0. The number of rotatable bonds is 14. The van der Waals surface area contributed by atoms with E-state index in [1.54, 1.807) is 0 Å². The standard InChI is InChI=1S/C11H13F11O3S.C8H20N/c12-7(13,5-3-1-2-4-6-8(14,15)16)9(17,18)10(19,20)11(21,22)26(23,24)25;1-5-9(6-2,7-3)8-4/h1-6H2,(H,23,24,25);5-8H2,1-4H3/q;+1/p-1. The monoisotopic (exact) mass is 563 g/mol. The molecule has 214 valence electrons. The molecule has 0 aliphatic rings. The molecule has 0 amide bonds. The van der Waals surface area contributed by atoms with Gasteiger partial charge in [-0.15, -0.1) is 0 Å². The summed E-state index contributed by atoms with van der Waals surface area (Å²) in [4.78, 5) is 0. The molecule has 0 atom stereocenters. The molecule has 0 aromatic carbocycles. The zero-order chi connectivity index (χ0) is 28.6. The van der Waals surface area contributed by atoms with Crippen molar-refractivity contribution >= 4 is 10.1 Å². The van der Waals surface area contributed by atoms with Gasteiger partial charge in [0.2, 0.25) is 0 Å². The third kappa shape index (κ3) is 9.48. The van der Waals surface area contributed by atoms with Gasteiger partial charge in [-0.05, 0) is 40.5 Å². The van der Waals surface area contributed by atoms with E-state index in [9.17, 15) is 61.3 Å². The Hall–Kier alpha value is -0.900. The first-order valence-electron chi connectivity index (χ1n) is 10.8. The number of nitrogens with zero attached hydrogens (tertiary/aromatic N) is 1. The third-order valence-corrected chi connectivity index (χ3v) is 6.80. The van der Waals surface area contributed by atoms with E-state index in [2.05, 4.69) is 27.7 Å². The minimum absolute atomic E-state index is 0.386. The molecule has 0 rings (SSSR count). The smallest absolute Gasteiger partial charge is 0.402 e. The van der Waals surface area contributed by atoms with Crippen LogP contribution >= 0.6 is 0 Å². The summed E-state index contributed by atoms with van der Waals surface area (Å²) in [6.45, 7) is 14.2. The first kappa shape index (κ1) is 36.3. The van der Waals surface area contributed by atoms with E-state index in [0.717, 1.165) is 0 Å². The lowest BCUT2D eigenvalue weighted by Crippen LogP contribution is -2.64. The van der Waals surface area contributed by atoms with Crippen LogP contribution in [-0.4, -0.2) is 72.8 Å². The van der Waals surface area contributed by atoms with Gasteiger partial charge in [0.1, 0.15) is 0 Å². The summed E-state index contributed by atoms with van der Waals surface area (Å²) in [5.41, 5.74) is 0. The summed E-state index contributed by atoms with van der Waals surface area (Å²) in [5, 5.41) is -7.01. The summed E-state index contributed by atoms with van der Waals surface area (Å²) in [5.74, 6) is -20.0. The molecule has 4 nitrogen and oxygen atoms in total. The molecule has 0 aromatic rings. The molecule has 16 heteroatoms. The van der Waals surface area contributed by atoms with Crippen molar-refractivity contribution in [3.05, 3.63) is 0 Å². The maximum absolute atomic E-state index is 13.3. The van der Waals surface area contributed by atoms with Crippen molar-refractivity contribution in [2.75, 3.05) is 26.2 Å². The van der Waals surface area contributed by atoms with E-state index in [-0.39, 0.29) is 6.42 Å². The maximum atomic E-state index is 13.3. The van der Waals surface area contributed by atoms with Crippen LogP contribution in [0.25, 0.3) is 0 Å². The maximum Gasteiger partial charge on any atom is 0.402 e. The molecule has 0 bridgehead atoms. The molecule has 0 N–H and O–H groups in total. The highest BCUT2D eigenvalue weighted by Crippen LogP contribution is 2.55. The van der Waals surface area contributed by atoms with Gasteiger partial charge in [-0.1, -0.05) is 12.8 Å². The molecule has 0 aromatic heterocycles. The van der Waals surface area contributed by atoms with E-state index in [1.807, 2.05) is 0 Å². The lowest BCUT2D eigenvalue weighted by Gasteiger charge is -2.37. The molecule has 0 unspecified atom stereocenters. The van der Waals surface area contributed by atoms with Crippen molar-refractivity contribution in [3.8, 4) is 0 Å². The van der Waals surface area contributed by atoms with Crippen LogP contribution in [0.3, 0.4) is 0 Å². The Bertz CT molecular complexity index is 705. The van der Waals surface area contributed by atoms with E-state index >= 15 is 0 Å². The Labute approximate surface area is 198 Å². The SMILES string of the molecule is CC[N+](CC)(CC)CC.O=S(=O)([O-])C(F)(F)C(F)(F)C(F)(F)C(F)(F)CCCCCCC(F)(F)F. The lowest BCUT2D eigenvalue weighted by molar-refractivity contribution is -0.921. The highest BCUT2D eigenvalue weighted by atomic mass is 32.2. The number of halogens is 11. The van der Waals surface area contributed by atoms with Gasteiger partial charge in [0.25, 0.3) is 0 Å². The molecule has 0 radical (unpaired) electrons. The van der Waals surface area contributed by atoms with E-state index in [1.165, 1.54) is 30.7 Å². The lowest BCUT2D eigenvalue weighted by atomic mass is 9.98. The summed E-state index contributed by atoms with van der Waals surface area (Å²) in [6.07, 6.45) is -10.5. The first-order valence-corrected chi connectivity index (χ1v) is 12.2. The van der Waals surface area contributed by atoms with Crippen molar-refractivity contribution in [2.45, 2.75) is 95.4 Å². The molecule has 35 heavy (non-hydrogen) atoms. The molecule has 0 aliphatic heterocycles. The number of hydrogen-bond donors (Lipinski definition) is 0. The minimum Gasteiger partial charge on any atom is -0.743 e. The Morgan fingerprint density at radius 2 is 0.943 bits per heavy atom. The zero-order valence-electron chi connectivity index (χ0n) is 19.8. The normalized spacial score (nSPS) is 14.5. The van der Waals surface area contributed by atoms with Crippen LogP contribution in [0.2, 0.25) is 0 Å². The Kier molecular flexibility index (Phi) is 13.5. The third-order valence-electron chi connectivity index (χ3n) is 5.92. The van der Waals surface area contributed by atoms with Crippen LogP contribution in [0.1, 0.15) is 66.2 Å². The molecule has 0 saturated heterocycles. The summed E-state index contributed by atoms with van der Waals surface area (Å²) < 4.78 is 171. The average Bonchev–Trinajstić information content (AvgIpc) is 2.71. The molecular formula is C19H32F11NO3S. The van der Waals surface area contributed by atoms with Crippen molar-refractivity contribution in [3.63, 3.8) is 0 Å². The second kappa shape index (κ2) is 13.1. The van der Waals surface area contributed by atoms with Crippen molar-refractivity contribution in [1.82, 2.24) is 0 Å². The molecule has 0 heterocycles. The number of unbranched alkanes of at least 4 members (excludes halogenated alkanes) is 3. The summed E-state index contributed by atoms with van der Waals surface area (Å²) in [6, 6.07) is 0. The number of hydrogen-bond acceptors (Lipinski definition) is 3. The predicted octanol–water partition coefficient (Wildman–Crippen LogP) is 6.82. The van der Waals surface area contributed by atoms with Gasteiger partial charge in [0, 0.05) is 12.8 Å². The van der Waals surface area contributed by atoms with E-state index in [0.29, 0.717) is 0 Å². The molecule has 0 fully saturated rings. The summed E-state index contributed by atoms with van der Waals surface area (Å²) in [7, 11) is -7.40. The summed E-state index contributed by atoms with van der Waals surface area (Å²) >= 11 is 0. The predicted molar refractivity (Wildman–Crippen MR) is 106 cm³/mol. The second-order valence-electron chi connectivity index (χ2n) is 7.96. The van der Waals surface area contributed by atoms with Crippen molar-refractivity contribution in [1.29, 1.82) is 0 Å². The van der Waals surface area contributed by atoms with Gasteiger partial charge in [0.05, 0.1) is 26.2 Å². The van der Waals surface area contributed by atoms with Crippen LogP contribution < -0.4 is 0 Å². The van der Waals surface area contributed by atoms with Crippen LogP contribution in [0.5, 0.6) is 0 Å². The molecule has 0 aliphatic carbocycles. The number of alkyl halides is 11. The second-order valence-corrected chi connectivity index (χ2v) is 9.38. The highest BCUT2D eigenvalue weighted by molar-refractivity contribution is 7.86. The Morgan fingerprint density at radius 1 is 0.600 bits per heavy atom. The van der Waals surface area contributed by atoms with Crippen LogP contribution in [-0.2, 0) is 10.1 Å². The van der Waals surface area contributed by atoms with Gasteiger partial charge < -0.3 is 9.04 Å². The zero-order valence-corrected chi connectivity index (χ0v) is 20.6. The Morgan fingerprint density at radius 3 is 1.20 bits per heavy atom. The van der Waals surface area contributed by atoms with Crippen LogP contribution in [0.4, 0.5) is 48.3 Å². The van der Waals surface area contributed by atoms with Gasteiger partial charge in [-0.3, -0.25) is 0 Å². The van der Waals surface area contributed by atoms with Gasteiger partial charge in [0.15, 0.2) is 10.1 Å². The van der Waals surface area contributed by atoms with Crippen molar-refractivity contribution in [2.24, 2.45) is 0 Å². The largest absolute Gasteiger partial charge is 0.743 e.